The van der Waals surface area contributed by atoms with Crippen molar-refractivity contribution in [3.8, 4) is 0 Å². The second kappa shape index (κ2) is 3.49. The second-order valence-electron chi connectivity index (χ2n) is 5.60. The summed E-state index contributed by atoms with van der Waals surface area (Å²) in [7, 11) is 0. The van der Waals surface area contributed by atoms with Crippen LogP contribution in [0.3, 0.4) is 0 Å². The van der Waals surface area contributed by atoms with Crippen LogP contribution in [0.25, 0.3) is 0 Å². The molecule has 0 amide bonds. The van der Waals surface area contributed by atoms with Crippen LogP contribution in [-0.4, -0.2) is 12.6 Å². The number of anilines is 1. The lowest BCUT2D eigenvalue weighted by Gasteiger charge is -2.16. The molecular formula is C14H20N2. The van der Waals surface area contributed by atoms with Gasteiger partial charge in [-0.1, -0.05) is 19.1 Å². The van der Waals surface area contributed by atoms with E-state index in [1.54, 1.807) is 0 Å². The third-order valence-corrected chi connectivity index (χ3v) is 4.19. The average Bonchev–Trinajstić information content (AvgIpc) is 3.15. The minimum atomic E-state index is 0.427. The van der Waals surface area contributed by atoms with Gasteiger partial charge in [0.1, 0.15) is 0 Å². The van der Waals surface area contributed by atoms with E-state index in [1.807, 2.05) is 12.1 Å². The maximum Gasteiger partial charge on any atom is 0.0314 e. The Morgan fingerprint density at radius 3 is 2.44 bits per heavy atom. The number of nitrogens with one attached hydrogen (secondary N) is 1. The van der Waals surface area contributed by atoms with Crippen LogP contribution in [0.5, 0.6) is 0 Å². The molecule has 2 aliphatic rings. The summed E-state index contributed by atoms with van der Waals surface area (Å²) in [6.45, 7) is 3.46. The van der Waals surface area contributed by atoms with Gasteiger partial charge in [-0.25, -0.2) is 0 Å². The van der Waals surface area contributed by atoms with Crippen molar-refractivity contribution in [2.75, 3.05) is 12.3 Å². The monoisotopic (exact) mass is 216 g/mol. The summed E-state index contributed by atoms with van der Waals surface area (Å²) >= 11 is 0. The highest BCUT2D eigenvalue weighted by molar-refractivity contribution is 5.43. The Morgan fingerprint density at radius 1 is 1.31 bits per heavy atom. The van der Waals surface area contributed by atoms with Crippen LogP contribution in [0.2, 0.25) is 0 Å². The maximum absolute atomic E-state index is 5.73. The van der Waals surface area contributed by atoms with Crippen LogP contribution < -0.4 is 11.1 Å². The average molecular weight is 216 g/mol. The van der Waals surface area contributed by atoms with Gasteiger partial charge in [0.2, 0.25) is 0 Å². The van der Waals surface area contributed by atoms with E-state index in [4.69, 9.17) is 5.73 Å². The summed E-state index contributed by atoms with van der Waals surface area (Å²) < 4.78 is 0. The van der Waals surface area contributed by atoms with E-state index in [-0.39, 0.29) is 0 Å². The molecule has 2 atom stereocenters. The molecule has 1 aromatic carbocycles. The number of hydrogen-bond acceptors (Lipinski definition) is 2. The zero-order valence-electron chi connectivity index (χ0n) is 9.87. The van der Waals surface area contributed by atoms with Crippen molar-refractivity contribution in [2.45, 2.75) is 37.6 Å². The first-order valence-corrected chi connectivity index (χ1v) is 6.29. The Hall–Kier alpha value is -1.02. The van der Waals surface area contributed by atoms with Gasteiger partial charge in [-0.05, 0) is 42.9 Å². The van der Waals surface area contributed by atoms with Crippen molar-refractivity contribution in [1.82, 2.24) is 5.32 Å². The predicted molar refractivity (Wildman–Crippen MR) is 67.3 cm³/mol. The van der Waals surface area contributed by atoms with Crippen molar-refractivity contribution < 1.29 is 0 Å². The topological polar surface area (TPSA) is 38.0 Å². The smallest absolute Gasteiger partial charge is 0.0314 e. The lowest BCUT2D eigenvalue weighted by Crippen LogP contribution is -2.29. The molecule has 0 bridgehead atoms. The van der Waals surface area contributed by atoms with E-state index in [9.17, 15) is 0 Å². The molecule has 0 heterocycles. The molecule has 2 fully saturated rings. The first kappa shape index (κ1) is 10.2. The van der Waals surface area contributed by atoms with Gasteiger partial charge in [-0.15, -0.1) is 0 Å². The van der Waals surface area contributed by atoms with Crippen molar-refractivity contribution in [2.24, 2.45) is 5.92 Å². The Morgan fingerprint density at radius 2 is 1.94 bits per heavy atom. The van der Waals surface area contributed by atoms with E-state index in [0.29, 0.717) is 5.41 Å². The van der Waals surface area contributed by atoms with Gasteiger partial charge in [0.05, 0.1) is 0 Å². The normalized spacial score (nSPS) is 30.1. The number of nitrogens with two attached hydrogens (primary N) is 1. The van der Waals surface area contributed by atoms with Gasteiger partial charge in [0.15, 0.2) is 0 Å². The van der Waals surface area contributed by atoms with Crippen molar-refractivity contribution in [3.63, 3.8) is 0 Å². The minimum absolute atomic E-state index is 0.427. The van der Waals surface area contributed by atoms with Crippen LogP contribution in [0, 0.1) is 5.92 Å². The largest absolute Gasteiger partial charge is 0.399 e. The standard InChI is InChI=1S/C14H20N2/c1-10-8-13(10)16-9-14(6-7-14)11-2-4-12(15)5-3-11/h2-5,10,13,16H,6-9,15H2,1H3. The van der Waals surface area contributed by atoms with Gasteiger partial charge in [0.25, 0.3) is 0 Å². The number of nitrogen functional groups attached to an aromatic ring is 1. The van der Waals surface area contributed by atoms with Crippen LogP contribution in [0.1, 0.15) is 31.7 Å². The highest BCUT2D eigenvalue weighted by Gasteiger charge is 2.45. The molecule has 2 heteroatoms. The fraction of sp³-hybridized carbons (Fsp3) is 0.571. The lowest BCUT2D eigenvalue weighted by atomic mass is 9.95. The van der Waals surface area contributed by atoms with Gasteiger partial charge in [-0.3, -0.25) is 0 Å². The third-order valence-electron chi connectivity index (χ3n) is 4.19. The summed E-state index contributed by atoms with van der Waals surface area (Å²) in [5.41, 5.74) is 8.48. The van der Waals surface area contributed by atoms with Crippen molar-refractivity contribution in [1.29, 1.82) is 0 Å². The summed E-state index contributed by atoms with van der Waals surface area (Å²) in [6, 6.07) is 9.22. The van der Waals surface area contributed by atoms with E-state index in [2.05, 4.69) is 24.4 Å². The van der Waals surface area contributed by atoms with E-state index in [1.165, 1.54) is 24.8 Å². The van der Waals surface area contributed by atoms with Crippen LogP contribution in [0.4, 0.5) is 5.69 Å². The lowest BCUT2D eigenvalue weighted by molar-refractivity contribution is 0.557. The summed E-state index contributed by atoms with van der Waals surface area (Å²) in [6.07, 6.45) is 4.01. The van der Waals surface area contributed by atoms with Crippen molar-refractivity contribution >= 4 is 5.69 Å². The molecule has 0 aliphatic heterocycles. The maximum atomic E-state index is 5.73. The molecule has 0 saturated heterocycles. The molecule has 2 nitrogen and oxygen atoms in total. The molecule has 2 unspecified atom stereocenters. The van der Waals surface area contributed by atoms with Gasteiger partial charge < -0.3 is 11.1 Å². The molecule has 16 heavy (non-hydrogen) atoms. The fourth-order valence-electron chi connectivity index (χ4n) is 2.49. The first-order valence-electron chi connectivity index (χ1n) is 6.29. The molecule has 3 N–H and O–H groups in total. The predicted octanol–water partition coefficient (Wildman–Crippen LogP) is 2.30. The Bertz CT molecular complexity index is 378. The number of hydrogen-bond donors (Lipinski definition) is 2. The van der Waals surface area contributed by atoms with E-state index < -0.39 is 0 Å². The molecule has 1 aromatic rings. The SMILES string of the molecule is CC1CC1NCC1(c2ccc(N)cc2)CC1. The van der Waals surface area contributed by atoms with Crippen LogP contribution in [0.15, 0.2) is 24.3 Å². The molecular weight excluding hydrogens is 196 g/mol. The Balaban J connectivity index is 1.66. The number of benzene rings is 1. The highest BCUT2D eigenvalue weighted by Crippen LogP contribution is 2.48. The van der Waals surface area contributed by atoms with Gasteiger partial charge >= 0.3 is 0 Å². The van der Waals surface area contributed by atoms with Crippen LogP contribution >= 0.6 is 0 Å². The molecule has 0 aromatic heterocycles. The van der Waals surface area contributed by atoms with Crippen LogP contribution in [-0.2, 0) is 5.41 Å². The van der Waals surface area contributed by atoms with Gasteiger partial charge in [0, 0.05) is 23.7 Å². The summed E-state index contributed by atoms with van der Waals surface area (Å²) in [4.78, 5) is 0. The van der Waals surface area contributed by atoms with E-state index >= 15 is 0 Å². The Labute approximate surface area is 97.2 Å². The third kappa shape index (κ3) is 1.82. The molecule has 2 saturated carbocycles. The summed E-state index contributed by atoms with van der Waals surface area (Å²) in [5, 5.41) is 3.69. The Kier molecular flexibility index (Phi) is 2.21. The number of rotatable bonds is 4. The van der Waals surface area contributed by atoms with Gasteiger partial charge in [-0.2, -0.15) is 0 Å². The molecule has 0 spiro atoms. The minimum Gasteiger partial charge on any atom is -0.399 e. The summed E-state index contributed by atoms with van der Waals surface area (Å²) in [5.74, 6) is 0.891. The van der Waals surface area contributed by atoms with E-state index in [0.717, 1.165) is 24.2 Å². The quantitative estimate of drug-likeness (QED) is 0.758. The molecule has 3 rings (SSSR count). The first-order chi connectivity index (χ1) is 7.70. The molecule has 0 radical (unpaired) electrons. The fourth-order valence-corrected chi connectivity index (χ4v) is 2.49. The second-order valence-corrected chi connectivity index (χ2v) is 5.60. The van der Waals surface area contributed by atoms with Crippen molar-refractivity contribution in [3.05, 3.63) is 29.8 Å². The zero-order valence-corrected chi connectivity index (χ0v) is 9.87. The molecule has 86 valence electrons. The zero-order chi connectivity index (χ0) is 11.2. The molecule has 2 aliphatic carbocycles. The highest BCUT2D eigenvalue weighted by atomic mass is 15.0.